The number of benzene rings is 1. The van der Waals surface area contributed by atoms with Crippen LogP contribution in [0.4, 0.5) is 5.69 Å². The highest BCUT2D eigenvalue weighted by Gasteiger charge is 2.36. The van der Waals surface area contributed by atoms with Crippen LogP contribution in [0.25, 0.3) is 0 Å². The first-order valence-corrected chi connectivity index (χ1v) is 7.65. The standard InChI is InChI=1S/C18H23NO3/c1-4-7-15(21)17-13(10-18(2,3)11-16(17)22)19-12-8-5-6-9-14(12)20/h5-6,8-9,20-21H,4,7,10-11H2,1-3H3/b17-15+,19-13?. The van der Waals surface area contributed by atoms with E-state index in [9.17, 15) is 15.0 Å². The molecule has 0 unspecified atom stereocenters. The third kappa shape index (κ3) is 3.56. The number of phenols is 1. The molecule has 2 rings (SSSR count). The van der Waals surface area contributed by atoms with Crippen LogP contribution < -0.4 is 0 Å². The topological polar surface area (TPSA) is 69.9 Å². The maximum absolute atomic E-state index is 12.5. The molecule has 1 saturated carbocycles. The molecule has 0 heterocycles. The zero-order valence-corrected chi connectivity index (χ0v) is 13.4. The minimum absolute atomic E-state index is 0.0696. The maximum atomic E-state index is 12.5. The molecule has 0 atom stereocenters. The molecule has 1 aromatic rings. The number of hydrogen-bond acceptors (Lipinski definition) is 4. The summed E-state index contributed by atoms with van der Waals surface area (Å²) in [4.78, 5) is 16.9. The first-order valence-electron chi connectivity index (χ1n) is 7.65. The third-order valence-corrected chi connectivity index (χ3v) is 3.77. The Morgan fingerprint density at radius 3 is 2.59 bits per heavy atom. The quantitative estimate of drug-likeness (QED) is 0.639. The highest BCUT2D eigenvalue weighted by Crippen LogP contribution is 2.37. The number of rotatable bonds is 3. The van der Waals surface area contributed by atoms with Crippen LogP contribution in [0.5, 0.6) is 5.75 Å². The molecule has 1 fully saturated rings. The number of nitrogens with zero attached hydrogens (tertiary/aromatic N) is 1. The SMILES string of the molecule is CCC/C(O)=C1\C(=O)CC(C)(C)CC1=Nc1ccccc1O. The average Bonchev–Trinajstić information content (AvgIpc) is 2.39. The van der Waals surface area contributed by atoms with Crippen molar-refractivity contribution < 1.29 is 15.0 Å². The molecule has 0 aromatic heterocycles. The molecule has 1 aromatic carbocycles. The molecule has 1 aliphatic carbocycles. The van der Waals surface area contributed by atoms with E-state index in [1.807, 2.05) is 20.8 Å². The van der Waals surface area contributed by atoms with E-state index >= 15 is 0 Å². The van der Waals surface area contributed by atoms with Crippen LogP contribution in [0.3, 0.4) is 0 Å². The molecular formula is C18H23NO3. The number of Topliss-reactive ketones (excluding diaryl/α,β-unsaturated/α-hetero) is 1. The Labute approximate surface area is 131 Å². The minimum Gasteiger partial charge on any atom is -0.511 e. The van der Waals surface area contributed by atoms with Gasteiger partial charge in [0.2, 0.25) is 0 Å². The molecule has 118 valence electrons. The van der Waals surface area contributed by atoms with E-state index in [0.29, 0.717) is 36.2 Å². The van der Waals surface area contributed by atoms with Crippen molar-refractivity contribution in [2.75, 3.05) is 0 Å². The van der Waals surface area contributed by atoms with Gasteiger partial charge in [-0.3, -0.25) is 4.79 Å². The van der Waals surface area contributed by atoms with Gasteiger partial charge in [-0.05, 0) is 30.4 Å². The van der Waals surface area contributed by atoms with E-state index in [0.717, 1.165) is 6.42 Å². The summed E-state index contributed by atoms with van der Waals surface area (Å²) in [5.74, 6) is 0.105. The van der Waals surface area contributed by atoms with Gasteiger partial charge in [0, 0.05) is 12.8 Å². The van der Waals surface area contributed by atoms with Crippen LogP contribution in [-0.4, -0.2) is 21.7 Å². The fourth-order valence-corrected chi connectivity index (χ4v) is 2.78. The zero-order valence-electron chi connectivity index (χ0n) is 13.4. The number of hydrogen-bond donors (Lipinski definition) is 2. The number of aliphatic imine (C=N–C) groups is 1. The Bertz CT molecular complexity index is 641. The average molecular weight is 301 g/mol. The largest absolute Gasteiger partial charge is 0.511 e. The van der Waals surface area contributed by atoms with E-state index in [4.69, 9.17) is 0 Å². The van der Waals surface area contributed by atoms with Crippen LogP contribution in [-0.2, 0) is 4.79 Å². The Morgan fingerprint density at radius 2 is 1.95 bits per heavy atom. The first kappa shape index (κ1) is 16.3. The molecular weight excluding hydrogens is 278 g/mol. The molecule has 0 bridgehead atoms. The fraction of sp³-hybridized carbons (Fsp3) is 0.444. The number of carbonyl (C=O) groups is 1. The molecule has 22 heavy (non-hydrogen) atoms. The van der Waals surface area contributed by atoms with Gasteiger partial charge in [0.05, 0.1) is 11.3 Å². The zero-order chi connectivity index (χ0) is 16.3. The van der Waals surface area contributed by atoms with Gasteiger partial charge in [0.25, 0.3) is 0 Å². The summed E-state index contributed by atoms with van der Waals surface area (Å²) in [6.45, 7) is 5.98. The van der Waals surface area contributed by atoms with Gasteiger partial charge in [0.1, 0.15) is 17.2 Å². The molecule has 0 saturated heterocycles. The van der Waals surface area contributed by atoms with Crippen molar-refractivity contribution in [3.05, 3.63) is 35.6 Å². The number of carbonyl (C=O) groups excluding carboxylic acids is 1. The number of allylic oxidation sites excluding steroid dienone is 2. The molecule has 0 radical (unpaired) electrons. The first-order chi connectivity index (χ1) is 10.3. The van der Waals surface area contributed by atoms with E-state index in [1.165, 1.54) is 0 Å². The van der Waals surface area contributed by atoms with Crippen LogP contribution >= 0.6 is 0 Å². The fourth-order valence-electron chi connectivity index (χ4n) is 2.78. The lowest BCUT2D eigenvalue weighted by molar-refractivity contribution is -0.117. The summed E-state index contributed by atoms with van der Waals surface area (Å²) in [7, 11) is 0. The van der Waals surface area contributed by atoms with Crippen LogP contribution in [0.1, 0.15) is 46.5 Å². The molecule has 1 aliphatic rings. The lowest BCUT2D eigenvalue weighted by Gasteiger charge is -2.31. The van der Waals surface area contributed by atoms with E-state index < -0.39 is 0 Å². The summed E-state index contributed by atoms with van der Waals surface area (Å²) in [6.07, 6.45) is 2.21. The number of aliphatic hydroxyl groups is 1. The van der Waals surface area contributed by atoms with Crippen LogP contribution in [0.2, 0.25) is 0 Å². The number of para-hydroxylation sites is 2. The van der Waals surface area contributed by atoms with E-state index in [1.54, 1.807) is 24.3 Å². The lowest BCUT2D eigenvalue weighted by atomic mass is 9.73. The highest BCUT2D eigenvalue weighted by molar-refractivity contribution is 6.25. The Hall–Kier alpha value is -2.10. The molecule has 0 aliphatic heterocycles. The maximum Gasteiger partial charge on any atom is 0.168 e. The molecule has 4 nitrogen and oxygen atoms in total. The van der Waals surface area contributed by atoms with Crippen molar-refractivity contribution in [1.82, 2.24) is 0 Å². The second kappa shape index (κ2) is 6.34. The summed E-state index contributed by atoms with van der Waals surface area (Å²) in [5.41, 5.74) is 1.12. The van der Waals surface area contributed by atoms with E-state index in [-0.39, 0.29) is 22.7 Å². The number of aliphatic hydroxyl groups excluding tert-OH is 1. The summed E-state index contributed by atoms with van der Waals surface area (Å²) < 4.78 is 0. The summed E-state index contributed by atoms with van der Waals surface area (Å²) in [5, 5.41) is 20.1. The van der Waals surface area contributed by atoms with Crippen molar-refractivity contribution in [3.8, 4) is 5.75 Å². The smallest absolute Gasteiger partial charge is 0.168 e. The normalized spacial score (nSPS) is 22.0. The van der Waals surface area contributed by atoms with Gasteiger partial charge in [0.15, 0.2) is 5.78 Å². The van der Waals surface area contributed by atoms with Crippen molar-refractivity contribution >= 4 is 17.2 Å². The van der Waals surface area contributed by atoms with Gasteiger partial charge < -0.3 is 10.2 Å². The van der Waals surface area contributed by atoms with Crippen molar-refractivity contribution in [2.45, 2.75) is 46.5 Å². The van der Waals surface area contributed by atoms with Gasteiger partial charge in [-0.1, -0.05) is 32.9 Å². The molecule has 0 amide bonds. The minimum atomic E-state index is -0.198. The second-order valence-corrected chi connectivity index (χ2v) is 6.56. The molecule has 4 heteroatoms. The number of phenolic OH excluding ortho intramolecular Hbond substituents is 1. The van der Waals surface area contributed by atoms with Gasteiger partial charge in [-0.25, -0.2) is 4.99 Å². The van der Waals surface area contributed by atoms with Crippen molar-refractivity contribution in [3.63, 3.8) is 0 Å². The predicted molar refractivity (Wildman–Crippen MR) is 87.8 cm³/mol. The second-order valence-electron chi connectivity index (χ2n) is 6.56. The lowest BCUT2D eigenvalue weighted by Crippen LogP contribution is -2.32. The van der Waals surface area contributed by atoms with Crippen molar-refractivity contribution in [2.24, 2.45) is 10.4 Å². The highest BCUT2D eigenvalue weighted by atomic mass is 16.3. The van der Waals surface area contributed by atoms with Crippen LogP contribution in [0.15, 0.2) is 40.6 Å². The molecule has 2 N–H and O–H groups in total. The van der Waals surface area contributed by atoms with Crippen LogP contribution in [0, 0.1) is 5.41 Å². The Morgan fingerprint density at radius 1 is 1.27 bits per heavy atom. The van der Waals surface area contributed by atoms with Crippen molar-refractivity contribution in [1.29, 1.82) is 0 Å². The van der Waals surface area contributed by atoms with Gasteiger partial charge in [-0.15, -0.1) is 0 Å². The monoisotopic (exact) mass is 301 g/mol. The summed E-state index contributed by atoms with van der Waals surface area (Å²) in [6, 6.07) is 6.76. The molecule has 0 spiro atoms. The number of ketones is 1. The summed E-state index contributed by atoms with van der Waals surface area (Å²) >= 11 is 0. The van der Waals surface area contributed by atoms with E-state index in [2.05, 4.69) is 4.99 Å². The third-order valence-electron chi connectivity index (χ3n) is 3.77. The Kier molecular flexibility index (Phi) is 4.69. The number of aromatic hydroxyl groups is 1. The predicted octanol–water partition coefficient (Wildman–Crippen LogP) is 4.47. The van der Waals surface area contributed by atoms with Gasteiger partial charge in [-0.2, -0.15) is 0 Å². The Balaban J connectivity index is 2.53. The van der Waals surface area contributed by atoms with Gasteiger partial charge >= 0.3 is 0 Å².